The Morgan fingerprint density at radius 1 is 1.29 bits per heavy atom. The van der Waals surface area contributed by atoms with Crippen molar-refractivity contribution in [3.8, 4) is 0 Å². The largest absolute Gasteiger partial charge is 0.396 e. The number of hydrogen-bond donors (Lipinski definition) is 3. The highest BCUT2D eigenvalue weighted by Gasteiger charge is 2.11. The van der Waals surface area contributed by atoms with Crippen LogP contribution in [-0.4, -0.2) is 50.3 Å². The molecule has 24 heavy (non-hydrogen) atoms. The first-order valence-corrected chi connectivity index (χ1v) is 8.74. The van der Waals surface area contributed by atoms with Crippen LogP contribution in [0.5, 0.6) is 0 Å². The third kappa shape index (κ3) is 5.21. The molecule has 6 nitrogen and oxygen atoms in total. The van der Waals surface area contributed by atoms with Crippen molar-refractivity contribution in [1.82, 2.24) is 15.6 Å². The smallest absolute Gasteiger partial charge is 0.191 e. The van der Waals surface area contributed by atoms with E-state index in [0.29, 0.717) is 19.0 Å². The van der Waals surface area contributed by atoms with E-state index in [1.165, 1.54) is 0 Å². The Hall–Kier alpha value is -2.12. The molecule has 0 radical (unpaired) electrons. The van der Waals surface area contributed by atoms with E-state index in [2.05, 4.69) is 20.6 Å². The van der Waals surface area contributed by atoms with Gasteiger partial charge in [0, 0.05) is 39.0 Å². The Morgan fingerprint density at radius 3 is 2.62 bits per heavy atom. The molecular weight excluding hydrogens is 322 g/mol. The molecule has 0 fully saturated rings. The highest BCUT2D eigenvalue weighted by atomic mass is 32.1. The van der Waals surface area contributed by atoms with Gasteiger partial charge in [0.25, 0.3) is 0 Å². The summed E-state index contributed by atoms with van der Waals surface area (Å²) in [5.41, 5.74) is 2.09. The van der Waals surface area contributed by atoms with Crippen LogP contribution in [0.2, 0.25) is 0 Å². The molecule has 0 amide bonds. The van der Waals surface area contributed by atoms with E-state index in [0.717, 1.165) is 16.4 Å². The van der Waals surface area contributed by atoms with Gasteiger partial charge in [-0.1, -0.05) is 30.3 Å². The van der Waals surface area contributed by atoms with Crippen LogP contribution in [-0.2, 0) is 6.54 Å². The SMILES string of the molecule is CN=C(NCc1csc(N(C)C)n1)NCC(CO)c1ccccc1. The second-order valence-corrected chi connectivity index (χ2v) is 6.45. The molecule has 0 spiro atoms. The van der Waals surface area contributed by atoms with E-state index in [-0.39, 0.29) is 12.5 Å². The number of thiazole rings is 1. The maximum Gasteiger partial charge on any atom is 0.191 e. The Labute approximate surface area is 147 Å². The highest BCUT2D eigenvalue weighted by molar-refractivity contribution is 7.13. The molecule has 0 saturated carbocycles. The average molecular weight is 347 g/mol. The van der Waals surface area contributed by atoms with Crippen LogP contribution < -0.4 is 15.5 Å². The molecular formula is C17H25N5OS. The molecule has 0 aliphatic rings. The van der Waals surface area contributed by atoms with Crippen LogP contribution in [0.15, 0.2) is 40.7 Å². The van der Waals surface area contributed by atoms with Crippen LogP contribution in [0, 0.1) is 0 Å². The molecule has 0 saturated heterocycles. The van der Waals surface area contributed by atoms with Crippen LogP contribution in [0.25, 0.3) is 0 Å². The van der Waals surface area contributed by atoms with Crippen molar-refractivity contribution in [2.45, 2.75) is 12.5 Å². The number of aliphatic imine (C=N–C) groups is 1. The number of aliphatic hydroxyl groups is 1. The summed E-state index contributed by atoms with van der Waals surface area (Å²) < 4.78 is 0. The second kappa shape index (κ2) is 9.24. The quantitative estimate of drug-likeness (QED) is 0.525. The first kappa shape index (κ1) is 18.2. The summed E-state index contributed by atoms with van der Waals surface area (Å²) in [6.45, 7) is 1.31. The fourth-order valence-corrected chi connectivity index (χ4v) is 2.97. The molecule has 1 atom stereocenters. The topological polar surface area (TPSA) is 72.8 Å². The maximum atomic E-state index is 9.61. The fourth-order valence-electron chi connectivity index (χ4n) is 2.21. The van der Waals surface area contributed by atoms with Gasteiger partial charge in [-0.15, -0.1) is 11.3 Å². The van der Waals surface area contributed by atoms with Crippen molar-refractivity contribution in [1.29, 1.82) is 0 Å². The number of nitrogens with zero attached hydrogens (tertiary/aromatic N) is 3. The summed E-state index contributed by atoms with van der Waals surface area (Å²) in [6, 6.07) is 9.99. The molecule has 2 rings (SSSR count). The van der Waals surface area contributed by atoms with Gasteiger partial charge in [-0.2, -0.15) is 0 Å². The molecule has 3 N–H and O–H groups in total. The lowest BCUT2D eigenvalue weighted by atomic mass is 10.0. The number of rotatable bonds is 7. The van der Waals surface area contributed by atoms with Gasteiger partial charge in [0.1, 0.15) is 0 Å². The Bertz CT molecular complexity index is 641. The lowest BCUT2D eigenvalue weighted by molar-refractivity contribution is 0.265. The van der Waals surface area contributed by atoms with E-state index in [1.807, 2.05) is 54.7 Å². The summed E-state index contributed by atoms with van der Waals surface area (Å²) in [4.78, 5) is 10.8. The molecule has 1 aromatic heterocycles. The predicted molar refractivity (Wildman–Crippen MR) is 101 cm³/mol. The molecule has 7 heteroatoms. The number of hydrogen-bond acceptors (Lipinski definition) is 5. The van der Waals surface area contributed by atoms with Crippen molar-refractivity contribution in [2.24, 2.45) is 4.99 Å². The molecule has 0 aliphatic carbocycles. The molecule has 130 valence electrons. The lowest BCUT2D eigenvalue weighted by Crippen LogP contribution is -2.39. The van der Waals surface area contributed by atoms with Gasteiger partial charge in [0.15, 0.2) is 11.1 Å². The average Bonchev–Trinajstić information content (AvgIpc) is 3.08. The van der Waals surface area contributed by atoms with Gasteiger partial charge < -0.3 is 20.6 Å². The Balaban J connectivity index is 1.85. The molecule has 2 aromatic rings. The van der Waals surface area contributed by atoms with E-state index in [1.54, 1.807) is 18.4 Å². The lowest BCUT2D eigenvalue weighted by Gasteiger charge is -2.17. The van der Waals surface area contributed by atoms with Gasteiger partial charge in [-0.3, -0.25) is 4.99 Å². The van der Waals surface area contributed by atoms with Crippen molar-refractivity contribution in [3.05, 3.63) is 47.0 Å². The zero-order valence-corrected chi connectivity index (χ0v) is 15.2. The van der Waals surface area contributed by atoms with Gasteiger partial charge in [-0.25, -0.2) is 4.98 Å². The van der Waals surface area contributed by atoms with Crippen molar-refractivity contribution in [2.75, 3.05) is 39.2 Å². The normalized spacial score (nSPS) is 12.8. The maximum absolute atomic E-state index is 9.61. The number of benzene rings is 1. The predicted octanol–water partition coefficient (Wildman–Crippen LogP) is 1.65. The second-order valence-electron chi connectivity index (χ2n) is 5.61. The van der Waals surface area contributed by atoms with Gasteiger partial charge in [0.2, 0.25) is 0 Å². The van der Waals surface area contributed by atoms with E-state index in [9.17, 15) is 5.11 Å². The monoisotopic (exact) mass is 347 g/mol. The van der Waals surface area contributed by atoms with Gasteiger partial charge >= 0.3 is 0 Å². The number of aromatic nitrogens is 1. The van der Waals surface area contributed by atoms with Crippen LogP contribution >= 0.6 is 11.3 Å². The fraction of sp³-hybridized carbons (Fsp3) is 0.412. The van der Waals surface area contributed by atoms with E-state index in [4.69, 9.17) is 0 Å². The number of aliphatic hydroxyl groups excluding tert-OH is 1. The number of guanidine groups is 1. The van der Waals surface area contributed by atoms with Crippen molar-refractivity contribution in [3.63, 3.8) is 0 Å². The van der Waals surface area contributed by atoms with E-state index < -0.39 is 0 Å². The zero-order valence-electron chi connectivity index (χ0n) is 14.4. The van der Waals surface area contributed by atoms with Gasteiger partial charge in [0.05, 0.1) is 18.8 Å². The minimum absolute atomic E-state index is 0.0318. The van der Waals surface area contributed by atoms with Crippen LogP contribution in [0.3, 0.4) is 0 Å². The minimum atomic E-state index is 0.0318. The van der Waals surface area contributed by atoms with Gasteiger partial charge in [-0.05, 0) is 5.56 Å². The summed E-state index contributed by atoms with van der Waals surface area (Å²) >= 11 is 1.62. The first-order chi connectivity index (χ1) is 11.6. The molecule has 1 unspecified atom stereocenters. The highest BCUT2D eigenvalue weighted by Crippen LogP contribution is 2.17. The van der Waals surface area contributed by atoms with Crippen molar-refractivity contribution < 1.29 is 5.11 Å². The first-order valence-electron chi connectivity index (χ1n) is 7.86. The Kier molecular flexibility index (Phi) is 7.02. The molecule has 0 aliphatic heterocycles. The third-order valence-corrected chi connectivity index (χ3v) is 4.65. The minimum Gasteiger partial charge on any atom is -0.396 e. The third-order valence-electron chi connectivity index (χ3n) is 3.59. The summed E-state index contributed by atoms with van der Waals surface area (Å²) in [7, 11) is 5.70. The summed E-state index contributed by atoms with van der Waals surface area (Å²) in [5.74, 6) is 0.730. The summed E-state index contributed by atoms with van der Waals surface area (Å²) in [6.07, 6.45) is 0. The van der Waals surface area contributed by atoms with Crippen molar-refractivity contribution >= 4 is 22.4 Å². The Morgan fingerprint density at radius 2 is 2.04 bits per heavy atom. The standard InChI is InChI=1S/C17H25N5OS/c1-18-16(20-10-15-12-24-17(21-15)22(2)3)19-9-14(11-23)13-7-5-4-6-8-13/h4-8,12,14,23H,9-11H2,1-3H3,(H2,18,19,20). The van der Waals surface area contributed by atoms with Crippen LogP contribution in [0.4, 0.5) is 5.13 Å². The number of nitrogens with one attached hydrogen (secondary N) is 2. The number of anilines is 1. The summed E-state index contributed by atoms with van der Waals surface area (Å²) in [5, 5.41) is 19.2. The molecule has 1 aromatic carbocycles. The molecule has 1 heterocycles. The van der Waals surface area contributed by atoms with E-state index >= 15 is 0 Å². The molecule has 0 bridgehead atoms. The zero-order chi connectivity index (χ0) is 17.4. The van der Waals surface area contributed by atoms with Crippen LogP contribution in [0.1, 0.15) is 17.2 Å².